The molecule has 2 aromatic carbocycles. The zero-order chi connectivity index (χ0) is 13.9. The number of hydrogen-bond donors (Lipinski definition) is 1. The van der Waals surface area contributed by atoms with E-state index in [1.165, 1.54) is 11.1 Å². The lowest BCUT2D eigenvalue weighted by Crippen LogP contribution is -2.27. The molecule has 2 aromatic rings. The molecule has 0 bridgehead atoms. The molecule has 1 aliphatic rings. The van der Waals surface area contributed by atoms with Gasteiger partial charge in [0, 0.05) is 19.0 Å². The second-order valence-electron chi connectivity index (χ2n) is 5.79. The van der Waals surface area contributed by atoms with Gasteiger partial charge in [-0.2, -0.15) is 0 Å². The number of hydrogen-bond acceptors (Lipinski definition) is 2. The van der Waals surface area contributed by atoms with Gasteiger partial charge in [-0.25, -0.2) is 0 Å². The van der Waals surface area contributed by atoms with Crippen LogP contribution >= 0.6 is 0 Å². The lowest BCUT2D eigenvalue weighted by atomic mass is 10.0. The van der Waals surface area contributed by atoms with Gasteiger partial charge in [0.25, 0.3) is 0 Å². The van der Waals surface area contributed by atoms with Crippen LogP contribution < -0.4 is 0 Å². The molecule has 104 valence electrons. The molecule has 1 N–H and O–H groups in total. The summed E-state index contributed by atoms with van der Waals surface area (Å²) in [6.07, 6.45) is 0.667. The van der Waals surface area contributed by atoms with Crippen molar-refractivity contribution in [3.05, 3.63) is 71.3 Å². The molecule has 0 saturated carbocycles. The van der Waals surface area contributed by atoms with Crippen LogP contribution in [0.3, 0.4) is 0 Å². The van der Waals surface area contributed by atoms with Gasteiger partial charge in [-0.05, 0) is 30.2 Å². The molecule has 0 saturated heterocycles. The Hall–Kier alpha value is -1.64. The van der Waals surface area contributed by atoms with E-state index in [0.29, 0.717) is 5.92 Å². The average Bonchev–Trinajstić information content (AvgIpc) is 2.77. The fourth-order valence-corrected chi connectivity index (χ4v) is 3.18. The van der Waals surface area contributed by atoms with Crippen LogP contribution in [0.15, 0.2) is 54.6 Å². The van der Waals surface area contributed by atoms with Crippen LogP contribution in [0, 0.1) is 5.92 Å². The van der Waals surface area contributed by atoms with E-state index in [2.05, 4.69) is 54.4 Å². The second-order valence-corrected chi connectivity index (χ2v) is 5.79. The van der Waals surface area contributed by atoms with Crippen LogP contribution in [0.5, 0.6) is 0 Å². The molecule has 0 aromatic heterocycles. The molecule has 2 atom stereocenters. The first-order valence-corrected chi connectivity index (χ1v) is 7.22. The maximum Gasteiger partial charge on any atom is 0.0836 e. The number of benzene rings is 2. The Morgan fingerprint density at radius 2 is 1.75 bits per heavy atom. The van der Waals surface area contributed by atoms with E-state index in [1.54, 1.807) is 0 Å². The van der Waals surface area contributed by atoms with E-state index in [1.807, 2.05) is 12.1 Å². The number of nitrogens with zero attached hydrogens (tertiary/aromatic N) is 1. The molecule has 2 heteroatoms. The summed E-state index contributed by atoms with van der Waals surface area (Å²) in [6.45, 7) is 1.85. The average molecular weight is 267 g/mol. The first-order chi connectivity index (χ1) is 9.74. The van der Waals surface area contributed by atoms with Gasteiger partial charge in [0.05, 0.1) is 6.10 Å². The highest BCUT2D eigenvalue weighted by Crippen LogP contribution is 2.36. The maximum atomic E-state index is 10.4. The Morgan fingerprint density at radius 3 is 2.50 bits per heavy atom. The van der Waals surface area contributed by atoms with Crippen molar-refractivity contribution in [2.45, 2.75) is 19.1 Å². The Morgan fingerprint density at radius 1 is 1.05 bits per heavy atom. The van der Waals surface area contributed by atoms with Gasteiger partial charge in [-0.3, -0.25) is 0 Å². The first-order valence-electron chi connectivity index (χ1n) is 7.22. The molecule has 0 spiro atoms. The van der Waals surface area contributed by atoms with Crippen LogP contribution in [0.25, 0.3) is 0 Å². The largest absolute Gasteiger partial charge is 0.388 e. The van der Waals surface area contributed by atoms with Crippen LogP contribution in [-0.2, 0) is 13.0 Å². The molecule has 1 aliphatic carbocycles. The highest BCUT2D eigenvalue weighted by molar-refractivity contribution is 5.34. The number of rotatable bonds is 4. The summed E-state index contributed by atoms with van der Waals surface area (Å²) in [4.78, 5) is 2.30. The maximum absolute atomic E-state index is 10.4. The predicted octanol–water partition coefficient (Wildman–Crippen LogP) is 3.02. The molecular formula is C18H21NO. The van der Waals surface area contributed by atoms with E-state index in [0.717, 1.165) is 25.1 Å². The van der Waals surface area contributed by atoms with Gasteiger partial charge in [0.1, 0.15) is 0 Å². The van der Waals surface area contributed by atoms with Gasteiger partial charge in [-0.1, -0.05) is 54.6 Å². The number of aliphatic hydroxyl groups excluding tert-OH is 1. The fourth-order valence-electron chi connectivity index (χ4n) is 3.18. The first kappa shape index (κ1) is 13.3. The minimum Gasteiger partial charge on any atom is -0.388 e. The summed E-state index contributed by atoms with van der Waals surface area (Å²) in [6, 6.07) is 18.7. The lowest BCUT2D eigenvalue weighted by molar-refractivity contribution is 0.0976. The van der Waals surface area contributed by atoms with E-state index in [-0.39, 0.29) is 6.10 Å². The molecular weight excluding hydrogens is 246 g/mol. The third-order valence-corrected chi connectivity index (χ3v) is 4.14. The number of aliphatic hydroxyl groups is 1. The standard InChI is InChI=1S/C18H21NO/c1-19(12-14-7-3-2-4-8-14)13-16-11-15-9-5-6-10-17(15)18(16)20/h2-10,16,18,20H,11-13H2,1H3. The van der Waals surface area contributed by atoms with Crippen molar-refractivity contribution >= 4 is 0 Å². The highest BCUT2D eigenvalue weighted by Gasteiger charge is 2.31. The summed E-state index contributed by atoms with van der Waals surface area (Å²) in [7, 11) is 2.13. The molecule has 0 aliphatic heterocycles. The highest BCUT2D eigenvalue weighted by atomic mass is 16.3. The normalized spacial score (nSPS) is 21.1. The second kappa shape index (κ2) is 5.78. The zero-order valence-electron chi connectivity index (χ0n) is 11.9. The number of fused-ring (bicyclic) bond motifs is 1. The summed E-state index contributed by atoms with van der Waals surface area (Å²) in [5.41, 5.74) is 3.74. The minimum absolute atomic E-state index is 0.307. The molecule has 0 radical (unpaired) electrons. The van der Waals surface area contributed by atoms with Crippen molar-refractivity contribution in [3.63, 3.8) is 0 Å². The van der Waals surface area contributed by atoms with E-state index in [9.17, 15) is 5.11 Å². The molecule has 3 rings (SSSR count). The van der Waals surface area contributed by atoms with Crippen LogP contribution in [0.2, 0.25) is 0 Å². The molecule has 20 heavy (non-hydrogen) atoms. The summed E-state index contributed by atoms with van der Waals surface area (Å²) >= 11 is 0. The fraction of sp³-hybridized carbons (Fsp3) is 0.333. The third-order valence-electron chi connectivity index (χ3n) is 4.14. The lowest BCUT2D eigenvalue weighted by Gasteiger charge is -2.23. The van der Waals surface area contributed by atoms with Crippen molar-refractivity contribution in [1.29, 1.82) is 0 Å². The SMILES string of the molecule is CN(Cc1ccccc1)CC1Cc2ccccc2C1O. The van der Waals surface area contributed by atoms with Crippen LogP contribution in [-0.4, -0.2) is 23.6 Å². The topological polar surface area (TPSA) is 23.5 Å². The molecule has 2 unspecified atom stereocenters. The van der Waals surface area contributed by atoms with Gasteiger partial charge in [0.2, 0.25) is 0 Å². The Bertz CT molecular complexity index is 567. The van der Waals surface area contributed by atoms with Gasteiger partial charge < -0.3 is 10.0 Å². The van der Waals surface area contributed by atoms with Gasteiger partial charge in [-0.15, -0.1) is 0 Å². The summed E-state index contributed by atoms with van der Waals surface area (Å²) in [5.74, 6) is 0.307. The molecule has 0 heterocycles. The minimum atomic E-state index is -0.315. The van der Waals surface area contributed by atoms with Crippen molar-refractivity contribution in [3.8, 4) is 0 Å². The van der Waals surface area contributed by atoms with Gasteiger partial charge >= 0.3 is 0 Å². The van der Waals surface area contributed by atoms with Crippen molar-refractivity contribution in [2.24, 2.45) is 5.92 Å². The molecule has 0 fully saturated rings. The Kier molecular flexibility index (Phi) is 3.86. The summed E-state index contributed by atoms with van der Waals surface area (Å²) < 4.78 is 0. The van der Waals surface area contributed by atoms with Crippen molar-refractivity contribution < 1.29 is 5.11 Å². The monoisotopic (exact) mass is 267 g/mol. The van der Waals surface area contributed by atoms with Crippen LogP contribution in [0.4, 0.5) is 0 Å². The zero-order valence-corrected chi connectivity index (χ0v) is 11.9. The van der Waals surface area contributed by atoms with E-state index < -0.39 is 0 Å². The molecule has 2 nitrogen and oxygen atoms in total. The van der Waals surface area contributed by atoms with Crippen LogP contribution in [0.1, 0.15) is 22.8 Å². The quantitative estimate of drug-likeness (QED) is 0.920. The summed E-state index contributed by atoms with van der Waals surface area (Å²) in [5, 5.41) is 10.4. The molecule has 0 amide bonds. The Labute approximate surface area is 120 Å². The predicted molar refractivity (Wildman–Crippen MR) is 81.4 cm³/mol. The smallest absolute Gasteiger partial charge is 0.0836 e. The van der Waals surface area contributed by atoms with Crippen molar-refractivity contribution in [1.82, 2.24) is 4.90 Å². The van der Waals surface area contributed by atoms with E-state index >= 15 is 0 Å². The van der Waals surface area contributed by atoms with E-state index in [4.69, 9.17) is 0 Å². The van der Waals surface area contributed by atoms with Crippen molar-refractivity contribution in [2.75, 3.05) is 13.6 Å². The van der Waals surface area contributed by atoms with Gasteiger partial charge in [0.15, 0.2) is 0 Å². The third kappa shape index (κ3) is 2.77. The Balaban J connectivity index is 1.62.